The van der Waals surface area contributed by atoms with E-state index in [0.717, 1.165) is 9.87 Å². The average molecular weight is 272 g/mol. The zero-order chi connectivity index (χ0) is 13.3. The molecular weight excluding hydrogens is 256 g/mol. The van der Waals surface area contributed by atoms with Crippen LogP contribution in [0.15, 0.2) is 29.2 Å². The predicted molar refractivity (Wildman–Crippen MR) is 65.1 cm³/mol. The summed E-state index contributed by atoms with van der Waals surface area (Å²) < 4.78 is 25.5. The maximum absolute atomic E-state index is 12.2. The van der Waals surface area contributed by atoms with Crippen LogP contribution in [0, 0.1) is 0 Å². The van der Waals surface area contributed by atoms with Gasteiger partial charge in [-0.1, -0.05) is 12.1 Å². The molecule has 1 saturated heterocycles. The molecule has 2 rings (SSSR count). The lowest BCUT2D eigenvalue weighted by atomic mass is 10.2. The largest absolute Gasteiger partial charge is 0.389 e. The Hall–Kier alpha value is -0.990. The van der Waals surface area contributed by atoms with E-state index in [-0.39, 0.29) is 18.0 Å². The first-order valence-electron chi connectivity index (χ1n) is 5.60. The van der Waals surface area contributed by atoms with Gasteiger partial charge in [-0.3, -0.25) is 0 Å². The third kappa shape index (κ3) is 2.40. The van der Waals surface area contributed by atoms with E-state index in [4.69, 9.17) is 5.73 Å². The molecule has 0 amide bonds. The minimum absolute atomic E-state index is 0.0812. The van der Waals surface area contributed by atoms with Gasteiger partial charge in [-0.05, 0) is 17.7 Å². The lowest BCUT2D eigenvalue weighted by molar-refractivity contribution is 0.0572. The second kappa shape index (κ2) is 4.94. The van der Waals surface area contributed by atoms with Crippen LogP contribution in [0.3, 0.4) is 0 Å². The minimum Gasteiger partial charge on any atom is -0.389 e. The SMILES string of the molecule is NCc1ccc(S(=O)(=O)N2CC(O)C(O)C2)cc1. The monoisotopic (exact) mass is 272 g/mol. The van der Waals surface area contributed by atoms with Gasteiger partial charge in [-0.25, -0.2) is 8.42 Å². The van der Waals surface area contributed by atoms with Crippen LogP contribution >= 0.6 is 0 Å². The molecule has 1 aromatic rings. The first kappa shape index (κ1) is 13.4. The Balaban J connectivity index is 2.25. The molecule has 1 heterocycles. The zero-order valence-electron chi connectivity index (χ0n) is 9.73. The number of hydrogen-bond donors (Lipinski definition) is 3. The van der Waals surface area contributed by atoms with Crippen molar-refractivity contribution in [2.24, 2.45) is 5.73 Å². The van der Waals surface area contributed by atoms with Gasteiger partial charge >= 0.3 is 0 Å². The lowest BCUT2D eigenvalue weighted by Gasteiger charge is -2.15. The Morgan fingerprint density at radius 1 is 1.17 bits per heavy atom. The fourth-order valence-electron chi connectivity index (χ4n) is 1.88. The molecule has 0 radical (unpaired) electrons. The van der Waals surface area contributed by atoms with Crippen molar-refractivity contribution in [2.75, 3.05) is 13.1 Å². The molecule has 0 saturated carbocycles. The van der Waals surface area contributed by atoms with E-state index in [0.29, 0.717) is 6.54 Å². The van der Waals surface area contributed by atoms with Crippen molar-refractivity contribution >= 4 is 10.0 Å². The number of rotatable bonds is 3. The van der Waals surface area contributed by atoms with Crippen LogP contribution in [-0.4, -0.2) is 48.2 Å². The third-order valence-electron chi connectivity index (χ3n) is 3.02. The topological polar surface area (TPSA) is 104 Å². The van der Waals surface area contributed by atoms with Crippen molar-refractivity contribution in [2.45, 2.75) is 23.6 Å². The Labute approximate surface area is 106 Å². The van der Waals surface area contributed by atoms with Gasteiger partial charge in [0.1, 0.15) is 0 Å². The maximum Gasteiger partial charge on any atom is 0.243 e. The first-order valence-corrected chi connectivity index (χ1v) is 7.04. The number of hydrogen-bond acceptors (Lipinski definition) is 5. The number of benzene rings is 1. The van der Waals surface area contributed by atoms with Gasteiger partial charge in [0.2, 0.25) is 10.0 Å². The fourth-order valence-corrected chi connectivity index (χ4v) is 3.35. The summed E-state index contributed by atoms with van der Waals surface area (Å²) in [7, 11) is -3.66. The van der Waals surface area contributed by atoms with Gasteiger partial charge in [-0.15, -0.1) is 0 Å². The van der Waals surface area contributed by atoms with E-state index >= 15 is 0 Å². The van der Waals surface area contributed by atoms with Gasteiger partial charge in [0, 0.05) is 19.6 Å². The normalized spacial score (nSPS) is 25.5. The van der Waals surface area contributed by atoms with Gasteiger partial charge in [-0.2, -0.15) is 4.31 Å². The van der Waals surface area contributed by atoms with Crippen LogP contribution in [0.5, 0.6) is 0 Å². The van der Waals surface area contributed by atoms with E-state index in [2.05, 4.69) is 0 Å². The zero-order valence-corrected chi connectivity index (χ0v) is 10.5. The van der Waals surface area contributed by atoms with E-state index in [1.165, 1.54) is 12.1 Å². The number of sulfonamides is 1. The maximum atomic E-state index is 12.2. The fraction of sp³-hybridized carbons (Fsp3) is 0.455. The molecule has 0 spiro atoms. The number of nitrogens with zero attached hydrogens (tertiary/aromatic N) is 1. The van der Waals surface area contributed by atoms with Crippen molar-refractivity contribution in [1.29, 1.82) is 0 Å². The van der Waals surface area contributed by atoms with Gasteiger partial charge in [0.05, 0.1) is 17.1 Å². The van der Waals surface area contributed by atoms with Crippen LogP contribution in [0.25, 0.3) is 0 Å². The summed E-state index contributed by atoms with van der Waals surface area (Å²) in [5.74, 6) is 0. The predicted octanol–water partition coefficient (Wildman–Crippen LogP) is -1.13. The van der Waals surface area contributed by atoms with Crippen LogP contribution in [0.4, 0.5) is 0 Å². The molecule has 4 N–H and O–H groups in total. The Morgan fingerprint density at radius 3 is 2.11 bits per heavy atom. The molecule has 1 aromatic carbocycles. The molecule has 0 aliphatic carbocycles. The third-order valence-corrected chi connectivity index (χ3v) is 4.87. The van der Waals surface area contributed by atoms with Crippen LogP contribution in [0.1, 0.15) is 5.56 Å². The second-order valence-corrected chi connectivity index (χ2v) is 6.24. The first-order chi connectivity index (χ1) is 8.45. The van der Waals surface area contributed by atoms with Gasteiger partial charge < -0.3 is 15.9 Å². The highest BCUT2D eigenvalue weighted by Crippen LogP contribution is 2.21. The summed E-state index contributed by atoms with van der Waals surface area (Å²) in [5.41, 5.74) is 6.28. The summed E-state index contributed by atoms with van der Waals surface area (Å²) in [6, 6.07) is 6.26. The molecule has 0 aromatic heterocycles. The van der Waals surface area contributed by atoms with E-state index in [1.807, 2.05) is 0 Å². The Bertz CT molecular complexity index is 504. The summed E-state index contributed by atoms with van der Waals surface area (Å²) in [6.07, 6.45) is -2.05. The van der Waals surface area contributed by atoms with Crippen molar-refractivity contribution in [3.8, 4) is 0 Å². The average Bonchev–Trinajstić information content (AvgIpc) is 2.70. The van der Waals surface area contributed by atoms with Crippen LogP contribution < -0.4 is 5.73 Å². The number of aliphatic hydroxyl groups is 2. The highest BCUT2D eigenvalue weighted by atomic mass is 32.2. The molecule has 7 heteroatoms. The summed E-state index contributed by atoms with van der Waals surface area (Å²) in [4.78, 5) is 0.140. The molecule has 0 bridgehead atoms. The number of aliphatic hydroxyl groups excluding tert-OH is 2. The smallest absolute Gasteiger partial charge is 0.243 e. The molecule has 1 fully saturated rings. The molecule has 2 atom stereocenters. The van der Waals surface area contributed by atoms with E-state index in [9.17, 15) is 18.6 Å². The van der Waals surface area contributed by atoms with Gasteiger partial charge in [0.15, 0.2) is 0 Å². The summed E-state index contributed by atoms with van der Waals surface area (Å²) >= 11 is 0. The standard InChI is InChI=1S/C11H16N2O4S/c12-5-8-1-3-9(4-2-8)18(16,17)13-6-10(14)11(15)7-13/h1-4,10-11,14-15H,5-7,12H2. The molecule has 18 heavy (non-hydrogen) atoms. The van der Waals surface area contributed by atoms with Crippen LogP contribution in [0.2, 0.25) is 0 Å². The highest BCUT2D eigenvalue weighted by molar-refractivity contribution is 7.89. The van der Waals surface area contributed by atoms with E-state index < -0.39 is 22.2 Å². The Morgan fingerprint density at radius 2 is 1.67 bits per heavy atom. The minimum atomic E-state index is -3.66. The van der Waals surface area contributed by atoms with Crippen LogP contribution in [-0.2, 0) is 16.6 Å². The molecule has 100 valence electrons. The molecule has 1 aliphatic heterocycles. The number of β-amino-alcohol motifs (C(OH)–C–C–N with tert-alkyl or cyclic N) is 2. The lowest BCUT2D eigenvalue weighted by Crippen LogP contribution is -2.30. The molecule has 1 aliphatic rings. The van der Waals surface area contributed by atoms with Crippen molar-refractivity contribution in [1.82, 2.24) is 4.31 Å². The van der Waals surface area contributed by atoms with Gasteiger partial charge in [0.25, 0.3) is 0 Å². The highest BCUT2D eigenvalue weighted by Gasteiger charge is 2.37. The van der Waals surface area contributed by atoms with Crippen molar-refractivity contribution in [3.05, 3.63) is 29.8 Å². The number of nitrogens with two attached hydrogens (primary N) is 1. The Kier molecular flexibility index (Phi) is 3.69. The van der Waals surface area contributed by atoms with Crippen molar-refractivity contribution < 1.29 is 18.6 Å². The molecular formula is C11H16N2O4S. The summed E-state index contributed by atoms with van der Waals surface area (Å²) in [6.45, 7) is 0.186. The van der Waals surface area contributed by atoms with E-state index in [1.54, 1.807) is 12.1 Å². The molecule has 6 nitrogen and oxygen atoms in total. The van der Waals surface area contributed by atoms with Crippen molar-refractivity contribution in [3.63, 3.8) is 0 Å². The molecule has 2 unspecified atom stereocenters. The summed E-state index contributed by atoms with van der Waals surface area (Å²) in [5, 5.41) is 18.8. The second-order valence-electron chi connectivity index (χ2n) is 4.30. The quantitative estimate of drug-likeness (QED) is 0.646.